The number of fused-ring (bicyclic) bond motifs is 1. The summed E-state index contributed by atoms with van der Waals surface area (Å²) >= 11 is 2.69. The number of aryl methyl sites for hydroxylation is 2. The number of anilines is 1. The minimum absolute atomic E-state index is 0.135. The van der Waals surface area contributed by atoms with Crippen LogP contribution in [0, 0.1) is 13.8 Å². The van der Waals surface area contributed by atoms with E-state index in [0.29, 0.717) is 15.4 Å². The van der Waals surface area contributed by atoms with Crippen LogP contribution in [0.2, 0.25) is 0 Å². The smallest absolute Gasteiger partial charge is 0.260 e. The van der Waals surface area contributed by atoms with E-state index < -0.39 is 0 Å². The van der Waals surface area contributed by atoms with E-state index in [9.17, 15) is 9.59 Å². The van der Waals surface area contributed by atoms with Crippen LogP contribution in [-0.4, -0.2) is 21.6 Å². The highest BCUT2D eigenvalue weighted by Crippen LogP contribution is 2.22. The van der Waals surface area contributed by atoms with Gasteiger partial charge in [-0.15, -0.1) is 11.3 Å². The molecule has 1 aromatic carbocycles. The molecule has 0 fully saturated rings. The lowest BCUT2D eigenvalue weighted by Crippen LogP contribution is -2.15. The second kappa shape index (κ2) is 6.55. The fourth-order valence-electron chi connectivity index (χ4n) is 2.07. The molecule has 0 aliphatic rings. The van der Waals surface area contributed by atoms with E-state index in [4.69, 9.17) is 0 Å². The van der Waals surface area contributed by atoms with E-state index in [0.717, 1.165) is 16.1 Å². The number of thiophene rings is 1. The molecule has 0 radical (unpaired) electrons. The molecule has 0 unspecified atom stereocenters. The topological polar surface area (TPSA) is 74.8 Å². The zero-order valence-corrected chi connectivity index (χ0v) is 14.3. The Labute approximate surface area is 141 Å². The second-order valence-corrected chi connectivity index (χ2v) is 7.35. The summed E-state index contributed by atoms with van der Waals surface area (Å²) in [6.07, 6.45) is 0. The summed E-state index contributed by atoms with van der Waals surface area (Å²) in [5.74, 6) is 0.0520. The number of nitrogens with one attached hydrogen (secondary N) is 2. The van der Waals surface area contributed by atoms with Crippen molar-refractivity contribution < 1.29 is 4.79 Å². The zero-order valence-electron chi connectivity index (χ0n) is 12.7. The normalized spacial score (nSPS) is 10.9. The van der Waals surface area contributed by atoms with Gasteiger partial charge >= 0.3 is 0 Å². The molecule has 0 atom stereocenters. The molecule has 7 heteroatoms. The minimum Gasteiger partial charge on any atom is -0.325 e. The molecule has 0 aliphatic heterocycles. The van der Waals surface area contributed by atoms with Crippen LogP contribution in [0.25, 0.3) is 10.2 Å². The first-order valence-electron chi connectivity index (χ1n) is 7.01. The molecule has 1 amide bonds. The molecular weight excluding hydrogens is 330 g/mol. The highest BCUT2D eigenvalue weighted by atomic mass is 32.2. The van der Waals surface area contributed by atoms with Crippen molar-refractivity contribution in [2.75, 3.05) is 11.1 Å². The summed E-state index contributed by atoms with van der Waals surface area (Å²) < 4.78 is 0. The number of nitrogens with zero attached hydrogens (tertiary/aromatic N) is 1. The van der Waals surface area contributed by atoms with Gasteiger partial charge in [0.2, 0.25) is 5.91 Å². The summed E-state index contributed by atoms with van der Waals surface area (Å²) in [5, 5.41) is 3.88. The number of rotatable bonds is 4. The number of aromatic nitrogens is 2. The molecule has 0 saturated carbocycles. The zero-order chi connectivity index (χ0) is 16.4. The molecule has 2 heterocycles. The summed E-state index contributed by atoms with van der Waals surface area (Å²) in [5.41, 5.74) is 1.73. The van der Waals surface area contributed by atoms with Crippen molar-refractivity contribution >= 4 is 44.9 Å². The predicted octanol–water partition coefficient (Wildman–Crippen LogP) is 3.33. The average molecular weight is 345 g/mol. The van der Waals surface area contributed by atoms with E-state index in [1.165, 1.54) is 23.1 Å². The van der Waals surface area contributed by atoms with E-state index in [1.807, 2.05) is 44.2 Å². The first kappa shape index (κ1) is 15.8. The van der Waals surface area contributed by atoms with E-state index in [2.05, 4.69) is 15.3 Å². The number of hydrogen-bond acceptors (Lipinski definition) is 5. The van der Waals surface area contributed by atoms with Gasteiger partial charge in [-0.1, -0.05) is 29.5 Å². The Kier molecular flexibility index (Phi) is 4.49. The van der Waals surface area contributed by atoms with Gasteiger partial charge in [-0.3, -0.25) is 9.59 Å². The molecule has 118 valence electrons. The van der Waals surface area contributed by atoms with Crippen molar-refractivity contribution in [3.63, 3.8) is 0 Å². The molecule has 0 saturated heterocycles. The quantitative estimate of drug-likeness (QED) is 0.562. The Balaban J connectivity index is 1.66. The number of carbonyl (C=O) groups is 1. The number of H-pyrrole nitrogens is 1. The lowest BCUT2D eigenvalue weighted by atomic mass is 10.2. The van der Waals surface area contributed by atoms with Gasteiger partial charge in [0.25, 0.3) is 5.56 Å². The molecule has 3 aromatic rings. The molecule has 0 spiro atoms. The molecule has 3 rings (SSSR count). The molecule has 2 aromatic heterocycles. The number of hydrogen-bond donors (Lipinski definition) is 2. The van der Waals surface area contributed by atoms with Crippen LogP contribution < -0.4 is 10.9 Å². The Hall–Kier alpha value is -2.12. The fourth-order valence-corrected chi connectivity index (χ4v) is 3.67. The molecule has 0 aliphatic carbocycles. The van der Waals surface area contributed by atoms with Gasteiger partial charge in [0, 0.05) is 10.6 Å². The van der Waals surface area contributed by atoms with Gasteiger partial charge in [-0.05, 0) is 32.0 Å². The standard InChI is InChI=1S/C16H15N3O2S2/c1-9-3-5-11(6-4-9)17-13(20)8-22-16-18-14(21)12-7-10(2)23-15(12)19-16/h3-7H,8H2,1-2H3,(H,17,20)(H,18,19,21). The van der Waals surface area contributed by atoms with Gasteiger partial charge in [0.1, 0.15) is 4.83 Å². The molecular formula is C16H15N3O2S2. The minimum atomic E-state index is -0.166. The summed E-state index contributed by atoms with van der Waals surface area (Å²) in [6.45, 7) is 3.93. The number of aromatic amines is 1. The predicted molar refractivity (Wildman–Crippen MR) is 95.5 cm³/mol. The van der Waals surface area contributed by atoms with Crippen LogP contribution in [0.3, 0.4) is 0 Å². The maximum absolute atomic E-state index is 12.0. The van der Waals surface area contributed by atoms with Crippen molar-refractivity contribution in [3.8, 4) is 0 Å². The van der Waals surface area contributed by atoms with Crippen LogP contribution in [0.1, 0.15) is 10.4 Å². The largest absolute Gasteiger partial charge is 0.325 e. The van der Waals surface area contributed by atoms with Crippen molar-refractivity contribution in [1.82, 2.24) is 9.97 Å². The number of carbonyl (C=O) groups excluding carboxylic acids is 1. The van der Waals surface area contributed by atoms with Crippen LogP contribution >= 0.6 is 23.1 Å². The van der Waals surface area contributed by atoms with Crippen molar-refractivity contribution in [1.29, 1.82) is 0 Å². The van der Waals surface area contributed by atoms with Crippen LogP contribution in [-0.2, 0) is 4.79 Å². The average Bonchev–Trinajstić information content (AvgIpc) is 2.89. The highest BCUT2D eigenvalue weighted by molar-refractivity contribution is 7.99. The Bertz CT molecular complexity index is 913. The van der Waals surface area contributed by atoms with Crippen LogP contribution in [0.4, 0.5) is 5.69 Å². The van der Waals surface area contributed by atoms with Crippen molar-refractivity contribution in [2.24, 2.45) is 0 Å². The molecule has 0 bridgehead atoms. The Morgan fingerprint density at radius 2 is 2.04 bits per heavy atom. The van der Waals surface area contributed by atoms with Crippen LogP contribution in [0.15, 0.2) is 40.3 Å². The van der Waals surface area contributed by atoms with Gasteiger partial charge in [0.05, 0.1) is 11.1 Å². The maximum atomic E-state index is 12.0. The number of amides is 1. The Morgan fingerprint density at radius 1 is 1.30 bits per heavy atom. The highest BCUT2D eigenvalue weighted by Gasteiger charge is 2.09. The fraction of sp³-hybridized carbons (Fsp3) is 0.188. The summed E-state index contributed by atoms with van der Waals surface area (Å²) in [6, 6.07) is 9.42. The summed E-state index contributed by atoms with van der Waals surface area (Å²) in [4.78, 5) is 32.8. The SMILES string of the molecule is Cc1ccc(NC(=O)CSc2nc3sc(C)cc3c(=O)[nH]2)cc1. The first-order valence-corrected chi connectivity index (χ1v) is 8.81. The molecule has 5 nitrogen and oxygen atoms in total. The number of benzene rings is 1. The van der Waals surface area contributed by atoms with E-state index in [-0.39, 0.29) is 17.2 Å². The number of thioether (sulfide) groups is 1. The maximum Gasteiger partial charge on any atom is 0.260 e. The Morgan fingerprint density at radius 3 is 2.78 bits per heavy atom. The van der Waals surface area contributed by atoms with Gasteiger partial charge < -0.3 is 10.3 Å². The van der Waals surface area contributed by atoms with Crippen LogP contribution in [0.5, 0.6) is 0 Å². The lowest BCUT2D eigenvalue weighted by molar-refractivity contribution is -0.113. The van der Waals surface area contributed by atoms with Crippen molar-refractivity contribution in [3.05, 3.63) is 51.1 Å². The van der Waals surface area contributed by atoms with Gasteiger partial charge in [0.15, 0.2) is 5.16 Å². The van der Waals surface area contributed by atoms with E-state index >= 15 is 0 Å². The third-order valence-corrected chi connectivity index (χ3v) is 5.00. The first-order chi connectivity index (χ1) is 11.0. The van der Waals surface area contributed by atoms with Crippen molar-refractivity contribution in [2.45, 2.75) is 19.0 Å². The van der Waals surface area contributed by atoms with E-state index in [1.54, 1.807) is 0 Å². The lowest BCUT2D eigenvalue weighted by Gasteiger charge is -2.05. The monoisotopic (exact) mass is 345 g/mol. The summed E-state index contributed by atoms with van der Waals surface area (Å²) in [7, 11) is 0. The third kappa shape index (κ3) is 3.80. The molecule has 23 heavy (non-hydrogen) atoms. The van der Waals surface area contributed by atoms with Gasteiger partial charge in [-0.25, -0.2) is 4.98 Å². The third-order valence-electron chi connectivity index (χ3n) is 3.18. The van der Waals surface area contributed by atoms with Gasteiger partial charge in [-0.2, -0.15) is 0 Å². The molecule has 2 N–H and O–H groups in total. The second-order valence-electron chi connectivity index (χ2n) is 5.15.